The first-order chi connectivity index (χ1) is 17.7. The maximum Gasteiger partial charge on any atom is 0.271 e. The van der Waals surface area contributed by atoms with Gasteiger partial charge < -0.3 is 0 Å². The summed E-state index contributed by atoms with van der Waals surface area (Å²) in [4.78, 5) is 12.5. The summed E-state index contributed by atoms with van der Waals surface area (Å²) in [5.74, 6) is 5.09. The summed E-state index contributed by atoms with van der Waals surface area (Å²) in [6.07, 6.45) is 16.9. The predicted octanol–water partition coefficient (Wildman–Crippen LogP) is 8.81. The van der Waals surface area contributed by atoms with Gasteiger partial charge in [-0.2, -0.15) is 5.10 Å². The second-order valence-electron chi connectivity index (χ2n) is 14.0. The lowest BCUT2D eigenvalue weighted by atomic mass is 9.47. The molecule has 0 saturated heterocycles. The number of fused-ring (bicyclic) bond motifs is 5. The van der Waals surface area contributed by atoms with Gasteiger partial charge in [0.05, 0.1) is 0 Å². The Morgan fingerprint density at radius 2 is 1.81 bits per heavy atom. The zero-order valence-electron chi connectivity index (χ0n) is 24.1. The van der Waals surface area contributed by atoms with Gasteiger partial charge >= 0.3 is 0 Å². The van der Waals surface area contributed by atoms with E-state index in [1.165, 1.54) is 57.8 Å². The lowest BCUT2D eigenvalue weighted by Gasteiger charge is -2.58. The summed E-state index contributed by atoms with van der Waals surface area (Å²) >= 11 is 0. The first kappa shape index (κ1) is 26.7. The quantitative estimate of drug-likeness (QED) is 0.294. The van der Waals surface area contributed by atoms with E-state index in [1.807, 2.05) is 30.3 Å². The molecule has 3 fully saturated rings. The summed E-state index contributed by atoms with van der Waals surface area (Å²) < 4.78 is 0. The molecule has 7 atom stereocenters. The van der Waals surface area contributed by atoms with Gasteiger partial charge in [-0.15, -0.1) is 0 Å². The predicted molar refractivity (Wildman–Crippen MR) is 154 cm³/mol. The molecule has 5 rings (SSSR count). The van der Waals surface area contributed by atoms with Crippen LogP contribution in [-0.4, -0.2) is 11.6 Å². The van der Waals surface area contributed by atoms with Crippen LogP contribution < -0.4 is 5.43 Å². The van der Waals surface area contributed by atoms with E-state index in [1.54, 1.807) is 5.57 Å². The van der Waals surface area contributed by atoms with Crippen LogP contribution in [0.25, 0.3) is 0 Å². The summed E-state index contributed by atoms with van der Waals surface area (Å²) in [5, 5.41) is 4.59. The number of hydrogen-bond donors (Lipinski definition) is 1. The number of hydrogen-bond acceptors (Lipinski definition) is 2. The number of carbonyl (C=O) groups excluding carboxylic acids is 1. The molecule has 0 spiro atoms. The van der Waals surface area contributed by atoms with Crippen LogP contribution >= 0.6 is 0 Å². The number of nitrogens with one attached hydrogen (secondary N) is 1. The monoisotopic (exact) mass is 502 g/mol. The third-order valence-corrected chi connectivity index (χ3v) is 11.5. The minimum atomic E-state index is -0.111. The van der Waals surface area contributed by atoms with Crippen LogP contribution in [0.3, 0.4) is 0 Å². The van der Waals surface area contributed by atoms with Gasteiger partial charge in [-0.25, -0.2) is 5.43 Å². The van der Waals surface area contributed by atoms with Crippen molar-refractivity contribution in [2.45, 2.75) is 105 Å². The molecule has 3 saturated carbocycles. The third kappa shape index (κ3) is 5.09. The number of nitrogens with zero attached hydrogens (tertiary/aromatic N) is 1. The van der Waals surface area contributed by atoms with Gasteiger partial charge in [0.2, 0.25) is 0 Å². The Balaban J connectivity index is 1.25. The average molecular weight is 503 g/mol. The Kier molecular flexibility index (Phi) is 7.72. The van der Waals surface area contributed by atoms with Crippen LogP contribution in [-0.2, 0) is 0 Å². The van der Waals surface area contributed by atoms with Crippen LogP contribution in [0.5, 0.6) is 0 Å². The number of amides is 1. The van der Waals surface area contributed by atoms with Crippen molar-refractivity contribution in [3.63, 3.8) is 0 Å². The summed E-state index contributed by atoms with van der Waals surface area (Å²) in [6.45, 7) is 12.6. The van der Waals surface area contributed by atoms with Crippen LogP contribution in [0.2, 0.25) is 0 Å². The Bertz CT molecular complexity index is 1030. The minimum absolute atomic E-state index is 0.111. The fraction of sp³-hybridized carbons (Fsp3) is 0.706. The van der Waals surface area contributed by atoms with E-state index < -0.39 is 0 Å². The second kappa shape index (κ2) is 10.7. The molecule has 4 aliphatic carbocycles. The zero-order chi connectivity index (χ0) is 26.2. The molecule has 4 aliphatic rings. The van der Waals surface area contributed by atoms with E-state index in [2.05, 4.69) is 51.2 Å². The molecular weight excluding hydrogens is 452 g/mol. The van der Waals surface area contributed by atoms with E-state index in [-0.39, 0.29) is 5.91 Å². The topological polar surface area (TPSA) is 41.5 Å². The van der Waals surface area contributed by atoms with E-state index in [9.17, 15) is 4.79 Å². The number of benzene rings is 1. The van der Waals surface area contributed by atoms with Crippen molar-refractivity contribution in [2.75, 3.05) is 0 Å². The summed E-state index contributed by atoms with van der Waals surface area (Å²) in [7, 11) is 0. The van der Waals surface area contributed by atoms with Gasteiger partial charge in [-0.3, -0.25) is 4.79 Å². The first-order valence-electron chi connectivity index (χ1n) is 15.3. The van der Waals surface area contributed by atoms with Crippen molar-refractivity contribution < 1.29 is 4.79 Å². The van der Waals surface area contributed by atoms with Crippen LogP contribution in [0.15, 0.2) is 47.1 Å². The molecule has 0 bridgehead atoms. The van der Waals surface area contributed by atoms with Crippen molar-refractivity contribution in [1.29, 1.82) is 0 Å². The standard InChI is InChI=1S/C34H50N2O/c1-23(2)10-9-11-24(3)29-16-17-30-28-15-14-26-22-27(35-36-32(37)25-12-7-6-8-13-25)18-20-33(26,4)31(28)19-21-34(29,30)5/h6-8,12-14,23-24,28-31H,9-11,15-22H2,1-5H3,(H,36,37)/b35-27+. The van der Waals surface area contributed by atoms with Crippen molar-refractivity contribution in [3.8, 4) is 0 Å². The van der Waals surface area contributed by atoms with Crippen molar-refractivity contribution in [3.05, 3.63) is 47.5 Å². The molecule has 3 nitrogen and oxygen atoms in total. The molecular formula is C34H50N2O. The number of carbonyl (C=O) groups is 1. The molecule has 1 aromatic rings. The largest absolute Gasteiger partial charge is 0.271 e. The normalized spacial score (nSPS) is 36.9. The Morgan fingerprint density at radius 1 is 1.03 bits per heavy atom. The maximum atomic E-state index is 12.5. The third-order valence-electron chi connectivity index (χ3n) is 11.5. The Labute approximate surface area is 226 Å². The van der Waals surface area contributed by atoms with Crippen LogP contribution in [0.1, 0.15) is 116 Å². The smallest absolute Gasteiger partial charge is 0.267 e. The van der Waals surface area contributed by atoms with Crippen molar-refractivity contribution >= 4 is 11.6 Å². The van der Waals surface area contributed by atoms with Gasteiger partial charge in [0, 0.05) is 17.7 Å². The highest BCUT2D eigenvalue weighted by Crippen LogP contribution is 2.67. The van der Waals surface area contributed by atoms with Gasteiger partial charge in [-0.05, 0) is 103 Å². The van der Waals surface area contributed by atoms with Gasteiger partial charge in [0.1, 0.15) is 0 Å². The van der Waals surface area contributed by atoms with E-state index in [4.69, 9.17) is 0 Å². The summed E-state index contributed by atoms with van der Waals surface area (Å²) in [5.41, 5.74) is 7.10. The lowest BCUT2D eigenvalue weighted by molar-refractivity contribution is -0.0468. The maximum absolute atomic E-state index is 12.5. The second-order valence-corrected chi connectivity index (χ2v) is 14.0. The highest BCUT2D eigenvalue weighted by molar-refractivity contribution is 5.96. The lowest BCUT2D eigenvalue weighted by Crippen LogP contribution is -2.50. The minimum Gasteiger partial charge on any atom is -0.267 e. The first-order valence-corrected chi connectivity index (χ1v) is 15.3. The van der Waals surface area contributed by atoms with E-state index in [0.717, 1.165) is 54.1 Å². The number of allylic oxidation sites excluding steroid dienone is 2. The molecule has 1 N–H and O–H groups in total. The molecule has 0 aromatic heterocycles. The average Bonchev–Trinajstić information content (AvgIpc) is 3.24. The van der Waals surface area contributed by atoms with E-state index >= 15 is 0 Å². The van der Waals surface area contributed by atoms with Crippen molar-refractivity contribution in [1.82, 2.24) is 5.43 Å². The molecule has 3 heteroatoms. The Hall–Kier alpha value is -1.90. The van der Waals surface area contributed by atoms with Crippen molar-refractivity contribution in [2.24, 2.45) is 51.4 Å². The fourth-order valence-electron chi connectivity index (χ4n) is 9.39. The Morgan fingerprint density at radius 3 is 2.57 bits per heavy atom. The van der Waals surface area contributed by atoms with E-state index in [0.29, 0.717) is 16.4 Å². The number of hydrazone groups is 1. The van der Waals surface area contributed by atoms with Gasteiger partial charge in [0.25, 0.3) is 5.91 Å². The molecule has 1 aromatic carbocycles. The highest BCUT2D eigenvalue weighted by atomic mass is 16.2. The summed E-state index contributed by atoms with van der Waals surface area (Å²) in [6, 6.07) is 9.41. The molecule has 1 amide bonds. The van der Waals surface area contributed by atoms with Crippen LogP contribution in [0, 0.1) is 46.3 Å². The SMILES string of the molecule is CC(C)CCCC(C)C1CCC2C3CC=C4C/C(=N/NC(=O)c5ccccc5)CCC4(C)C3CCC12C. The molecule has 0 aliphatic heterocycles. The molecule has 0 heterocycles. The van der Waals surface area contributed by atoms with Gasteiger partial charge in [0.15, 0.2) is 0 Å². The molecule has 0 radical (unpaired) electrons. The molecule has 202 valence electrons. The van der Waals surface area contributed by atoms with Gasteiger partial charge in [-0.1, -0.05) is 83.7 Å². The molecule has 7 unspecified atom stereocenters. The zero-order valence-corrected chi connectivity index (χ0v) is 24.1. The number of rotatable bonds is 7. The highest BCUT2D eigenvalue weighted by Gasteiger charge is 2.58. The molecule has 37 heavy (non-hydrogen) atoms. The van der Waals surface area contributed by atoms with Crippen LogP contribution in [0.4, 0.5) is 0 Å². The fourth-order valence-corrected chi connectivity index (χ4v) is 9.39.